The van der Waals surface area contributed by atoms with Crippen LogP contribution in [-0.4, -0.2) is 36.3 Å². The topological polar surface area (TPSA) is 109 Å². The SMILES string of the molecule is NS(=O)(=O)C1CC(=O)N(c2cc(-c3cccc(Cl)c3)[nH]n2)C1. The molecule has 3 rings (SSSR count). The van der Waals surface area contributed by atoms with E-state index in [0.717, 1.165) is 5.56 Å². The first kappa shape index (κ1) is 15.0. The molecule has 1 aromatic heterocycles. The summed E-state index contributed by atoms with van der Waals surface area (Å²) in [6.07, 6.45) is -0.127. The van der Waals surface area contributed by atoms with Crippen molar-refractivity contribution in [1.82, 2.24) is 10.2 Å². The van der Waals surface area contributed by atoms with Crippen LogP contribution in [0.1, 0.15) is 6.42 Å². The second kappa shape index (κ2) is 5.38. The molecule has 1 unspecified atom stereocenters. The lowest BCUT2D eigenvalue weighted by molar-refractivity contribution is -0.117. The minimum Gasteiger partial charge on any atom is -0.294 e. The third-order valence-corrected chi connectivity index (χ3v) is 5.01. The molecule has 1 amide bonds. The Bertz CT molecular complexity index is 833. The van der Waals surface area contributed by atoms with Gasteiger partial charge in [-0.2, -0.15) is 5.10 Å². The molecule has 0 bridgehead atoms. The molecular formula is C13H13ClN4O3S. The predicted octanol–water partition coefficient (Wildman–Crippen LogP) is 1.12. The number of primary sulfonamides is 1. The van der Waals surface area contributed by atoms with E-state index in [1.165, 1.54) is 4.90 Å². The Morgan fingerprint density at radius 2 is 2.14 bits per heavy atom. The van der Waals surface area contributed by atoms with Gasteiger partial charge in [0.05, 0.1) is 5.69 Å². The molecule has 0 aliphatic carbocycles. The fraction of sp³-hybridized carbons (Fsp3) is 0.231. The molecule has 1 aliphatic heterocycles. The van der Waals surface area contributed by atoms with Crippen LogP contribution in [0.3, 0.4) is 0 Å². The Morgan fingerprint density at radius 1 is 1.36 bits per heavy atom. The summed E-state index contributed by atoms with van der Waals surface area (Å²) in [7, 11) is -3.75. The highest BCUT2D eigenvalue weighted by atomic mass is 35.5. The fourth-order valence-electron chi connectivity index (χ4n) is 2.37. The molecule has 1 saturated heterocycles. The minimum absolute atomic E-state index is 0.0114. The van der Waals surface area contributed by atoms with Gasteiger partial charge in [0.15, 0.2) is 5.82 Å². The molecule has 3 N–H and O–H groups in total. The van der Waals surface area contributed by atoms with Crippen LogP contribution in [0.5, 0.6) is 0 Å². The smallest absolute Gasteiger partial charge is 0.229 e. The van der Waals surface area contributed by atoms with Crippen LogP contribution in [0.2, 0.25) is 5.02 Å². The van der Waals surface area contributed by atoms with E-state index in [1.807, 2.05) is 6.07 Å². The van der Waals surface area contributed by atoms with E-state index in [1.54, 1.807) is 24.3 Å². The van der Waals surface area contributed by atoms with E-state index in [-0.39, 0.29) is 18.9 Å². The second-order valence-corrected chi connectivity index (χ2v) is 7.35. The number of nitrogens with one attached hydrogen (secondary N) is 1. The van der Waals surface area contributed by atoms with Crippen LogP contribution in [-0.2, 0) is 14.8 Å². The molecule has 0 saturated carbocycles. The number of anilines is 1. The number of carbonyl (C=O) groups is 1. The summed E-state index contributed by atoms with van der Waals surface area (Å²) < 4.78 is 22.8. The Hall–Kier alpha value is -1.90. The summed E-state index contributed by atoms with van der Waals surface area (Å²) >= 11 is 5.94. The number of benzene rings is 1. The van der Waals surface area contributed by atoms with E-state index < -0.39 is 15.3 Å². The number of aromatic nitrogens is 2. The monoisotopic (exact) mass is 340 g/mol. The molecule has 1 fully saturated rings. The number of aromatic amines is 1. The number of sulfonamides is 1. The molecule has 9 heteroatoms. The van der Waals surface area contributed by atoms with Crippen molar-refractivity contribution in [1.29, 1.82) is 0 Å². The molecule has 1 atom stereocenters. The van der Waals surface area contributed by atoms with Crippen molar-refractivity contribution < 1.29 is 13.2 Å². The number of amides is 1. The van der Waals surface area contributed by atoms with Gasteiger partial charge in [0.25, 0.3) is 0 Å². The van der Waals surface area contributed by atoms with E-state index >= 15 is 0 Å². The quantitative estimate of drug-likeness (QED) is 0.872. The summed E-state index contributed by atoms with van der Waals surface area (Å²) in [6.45, 7) is 0.0114. The van der Waals surface area contributed by atoms with Gasteiger partial charge in [0.1, 0.15) is 5.25 Å². The number of hydrogen-bond donors (Lipinski definition) is 2. The van der Waals surface area contributed by atoms with Crippen LogP contribution in [0.15, 0.2) is 30.3 Å². The number of rotatable bonds is 3. The van der Waals surface area contributed by atoms with Crippen molar-refractivity contribution in [3.05, 3.63) is 35.4 Å². The maximum atomic E-state index is 12.0. The van der Waals surface area contributed by atoms with Gasteiger partial charge in [-0.15, -0.1) is 0 Å². The number of nitrogens with two attached hydrogens (primary N) is 1. The number of carbonyl (C=O) groups excluding carboxylic acids is 1. The maximum absolute atomic E-state index is 12.0. The third-order valence-electron chi connectivity index (χ3n) is 3.53. The third kappa shape index (κ3) is 2.85. The van der Waals surface area contributed by atoms with E-state index in [4.69, 9.17) is 16.7 Å². The summed E-state index contributed by atoms with van der Waals surface area (Å²) in [6, 6.07) is 8.84. The molecule has 22 heavy (non-hydrogen) atoms. The molecule has 7 nitrogen and oxygen atoms in total. The molecule has 0 spiro atoms. The minimum atomic E-state index is -3.75. The van der Waals surface area contributed by atoms with Crippen molar-refractivity contribution in [2.24, 2.45) is 5.14 Å². The Labute approximate surface area is 132 Å². The zero-order valence-corrected chi connectivity index (χ0v) is 12.9. The lowest BCUT2D eigenvalue weighted by atomic mass is 10.1. The normalized spacial score (nSPS) is 18.9. The summed E-state index contributed by atoms with van der Waals surface area (Å²) in [5.41, 5.74) is 1.50. The molecule has 1 aliphatic rings. The number of H-pyrrole nitrogens is 1. The first-order valence-corrected chi connectivity index (χ1v) is 8.46. The van der Waals surface area contributed by atoms with Gasteiger partial charge in [-0.3, -0.25) is 14.8 Å². The molecular weight excluding hydrogens is 328 g/mol. The molecule has 0 radical (unpaired) electrons. The Balaban J connectivity index is 1.87. The average molecular weight is 341 g/mol. The van der Waals surface area contributed by atoms with Crippen LogP contribution in [0, 0.1) is 0 Å². The van der Waals surface area contributed by atoms with E-state index in [0.29, 0.717) is 16.5 Å². The van der Waals surface area contributed by atoms with Crippen LogP contribution < -0.4 is 10.0 Å². The van der Waals surface area contributed by atoms with Gasteiger partial charge >= 0.3 is 0 Å². The predicted molar refractivity (Wildman–Crippen MR) is 82.9 cm³/mol. The summed E-state index contributed by atoms with van der Waals surface area (Å²) in [5.74, 6) is 0.0503. The molecule has 116 valence electrons. The molecule has 2 aromatic rings. The highest BCUT2D eigenvalue weighted by Gasteiger charge is 2.38. The average Bonchev–Trinajstić information content (AvgIpc) is 3.04. The molecule has 2 heterocycles. The first-order chi connectivity index (χ1) is 10.3. The highest BCUT2D eigenvalue weighted by Crippen LogP contribution is 2.27. The van der Waals surface area contributed by atoms with Gasteiger partial charge in [0, 0.05) is 29.6 Å². The van der Waals surface area contributed by atoms with Crippen molar-refractivity contribution >= 4 is 33.3 Å². The highest BCUT2D eigenvalue weighted by molar-refractivity contribution is 7.89. The van der Waals surface area contributed by atoms with Gasteiger partial charge in [-0.1, -0.05) is 23.7 Å². The standard InChI is InChI=1S/C13H13ClN4O3S/c14-9-3-1-2-8(4-9)11-6-12(17-16-11)18-7-10(5-13(18)19)22(15,20)21/h1-4,6,10H,5,7H2,(H,16,17)(H2,15,20,21). The van der Waals surface area contributed by atoms with Crippen molar-refractivity contribution in [3.8, 4) is 11.3 Å². The largest absolute Gasteiger partial charge is 0.294 e. The van der Waals surface area contributed by atoms with Crippen molar-refractivity contribution in [2.75, 3.05) is 11.4 Å². The fourth-order valence-corrected chi connectivity index (χ4v) is 3.29. The Morgan fingerprint density at radius 3 is 2.77 bits per heavy atom. The zero-order chi connectivity index (χ0) is 15.9. The lowest BCUT2D eigenvalue weighted by Gasteiger charge is -2.12. The number of hydrogen-bond acceptors (Lipinski definition) is 4. The van der Waals surface area contributed by atoms with Crippen LogP contribution in [0.25, 0.3) is 11.3 Å². The van der Waals surface area contributed by atoms with Crippen LogP contribution >= 0.6 is 11.6 Å². The maximum Gasteiger partial charge on any atom is 0.229 e. The van der Waals surface area contributed by atoms with Crippen molar-refractivity contribution in [2.45, 2.75) is 11.7 Å². The van der Waals surface area contributed by atoms with Gasteiger partial charge < -0.3 is 0 Å². The van der Waals surface area contributed by atoms with Crippen molar-refractivity contribution in [3.63, 3.8) is 0 Å². The summed E-state index contributed by atoms with van der Waals surface area (Å²) in [5, 5.41) is 11.7. The van der Waals surface area contributed by atoms with Crippen LogP contribution in [0.4, 0.5) is 5.82 Å². The van der Waals surface area contributed by atoms with E-state index in [9.17, 15) is 13.2 Å². The summed E-state index contributed by atoms with van der Waals surface area (Å²) in [4.78, 5) is 13.3. The second-order valence-electron chi connectivity index (χ2n) is 5.07. The zero-order valence-electron chi connectivity index (χ0n) is 11.4. The first-order valence-electron chi connectivity index (χ1n) is 6.48. The Kier molecular flexibility index (Phi) is 3.67. The van der Waals surface area contributed by atoms with Gasteiger partial charge in [0.2, 0.25) is 15.9 Å². The van der Waals surface area contributed by atoms with Gasteiger partial charge in [-0.05, 0) is 12.1 Å². The van der Waals surface area contributed by atoms with E-state index in [2.05, 4.69) is 10.2 Å². The molecule has 1 aromatic carbocycles. The number of halogens is 1. The van der Waals surface area contributed by atoms with Gasteiger partial charge in [-0.25, -0.2) is 13.6 Å². The lowest BCUT2D eigenvalue weighted by Crippen LogP contribution is -2.32. The number of nitrogens with zero attached hydrogens (tertiary/aromatic N) is 2.